The lowest BCUT2D eigenvalue weighted by atomic mass is 10.1. The average Bonchev–Trinajstić information content (AvgIpc) is 3.31. The molecule has 4 aromatic rings. The predicted octanol–water partition coefficient (Wildman–Crippen LogP) is 4.17. The van der Waals surface area contributed by atoms with Crippen LogP contribution in [0.4, 0.5) is 0 Å². The summed E-state index contributed by atoms with van der Waals surface area (Å²) in [6.45, 7) is 2.08. The normalized spacial score (nSPS) is 10.0. The number of aromatic hydroxyl groups is 1. The summed E-state index contributed by atoms with van der Waals surface area (Å²) in [6.07, 6.45) is 7.27. The third-order valence-electron chi connectivity index (χ3n) is 3.58. The first kappa shape index (κ1) is 15.6. The van der Waals surface area contributed by atoms with E-state index < -0.39 is 0 Å². The first-order valence-electron chi connectivity index (χ1n) is 7.56. The fourth-order valence-electron chi connectivity index (χ4n) is 2.22. The number of aromatic nitrogens is 4. The molecule has 0 saturated carbocycles. The van der Waals surface area contributed by atoms with Gasteiger partial charge >= 0.3 is 0 Å². The van der Waals surface area contributed by atoms with E-state index in [4.69, 9.17) is 5.11 Å². The van der Waals surface area contributed by atoms with Crippen LogP contribution in [0, 0.1) is 6.92 Å². The van der Waals surface area contributed by atoms with Gasteiger partial charge < -0.3 is 5.11 Å². The topological polar surface area (TPSA) is 77.6 Å². The maximum absolute atomic E-state index is 9.03. The number of phenols is 1. The van der Waals surface area contributed by atoms with Gasteiger partial charge in [-0.1, -0.05) is 42.0 Å². The highest BCUT2D eigenvalue weighted by Gasteiger charge is 1.97. The molecule has 0 aliphatic heterocycles. The Morgan fingerprint density at radius 2 is 1.12 bits per heavy atom. The van der Waals surface area contributed by atoms with E-state index in [9.17, 15) is 0 Å². The van der Waals surface area contributed by atoms with E-state index in [1.54, 1.807) is 18.3 Å². The van der Waals surface area contributed by atoms with Crippen molar-refractivity contribution < 1.29 is 5.11 Å². The van der Waals surface area contributed by atoms with Gasteiger partial charge in [-0.2, -0.15) is 10.2 Å². The first-order valence-corrected chi connectivity index (χ1v) is 7.56. The Morgan fingerprint density at radius 1 is 0.667 bits per heavy atom. The molecule has 0 saturated heterocycles. The Labute approximate surface area is 140 Å². The van der Waals surface area contributed by atoms with Crippen LogP contribution in [-0.4, -0.2) is 25.5 Å². The van der Waals surface area contributed by atoms with Crippen molar-refractivity contribution in [2.24, 2.45) is 0 Å². The van der Waals surface area contributed by atoms with Crippen LogP contribution in [0.15, 0.2) is 73.3 Å². The van der Waals surface area contributed by atoms with E-state index in [1.165, 1.54) is 11.1 Å². The summed E-state index contributed by atoms with van der Waals surface area (Å²) >= 11 is 0. The van der Waals surface area contributed by atoms with E-state index in [1.807, 2.05) is 30.7 Å². The van der Waals surface area contributed by atoms with Gasteiger partial charge in [-0.15, -0.1) is 0 Å². The fourth-order valence-corrected chi connectivity index (χ4v) is 2.22. The Bertz CT molecular complexity index is 773. The molecule has 0 amide bonds. The van der Waals surface area contributed by atoms with E-state index in [0.717, 1.165) is 16.7 Å². The number of rotatable bonds is 2. The van der Waals surface area contributed by atoms with E-state index in [-0.39, 0.29) is 5.75 Å². The van der Waals surface area contributed by atoms with Crippen molar-refractivity contribution in [1.29, 1.82) is 0 Å². The Balaban J connectivity index is 0.000000141. The van der Waals surface area contributed by atoms with Gasteiger partial charge in [0.25, 0.3) is 0 Å². The van der Waals surface area contributed by atoms with Crippen molar-refractivity contribution in [2.45, 2.75) is 6.92 Å². The van der Waals surface area contributed by atoms with Gasteiger partial charge in [-0.3, -0.25) is 10.2 Å². The standard InChI is InChI=1S/C10H10N2.C9H8N2O/c1-8-2-4-9(5-3-8)10-6-11-12-7-10;12-9-3-1-7(2-4-9)8-5-10-11-6-8/h2-7H,1H3,(H,11,12);1-6,12H,(H,10,11). The number of nitrogens with zero attached hydrogens (tertiary/aromatic N) is 2. The van der Waals surface area contributed by atoms with Crippen LogP contribution in [0.1, 0.15) is 5.56 Å². The molecule has 2 aromatic carbocycles. The Hall–Kier alpha value is -3.34. The zero-order valence-electron chi connectivity index (χ0n) is 13.3. The highest BCUT2D eigenvalue weighted by molar-refractivity contribution is 5.62. The van der Waals surface area contributed by atoms with Crippen LogP contribution >= 0.6 is 0 Å². The lowest BCUT2D eigenvalue weighted by Crippen LogP contribution is -1.74. The Kier molecular flexibility index (Phi) is 4.72. The molecule has 0 fully saturated rings. The van der Waals surface area contributed by atoms with Crippen molar-refractivity contribution in [2.75, 3.05) is 0 Å². The summed E-state index contributed by atoms with van der Waals surface area (Å²) in [5, 5.41) is 22.3. The molecule has 0 atom stereocenters. The molecule has 0 radical (unpaired) electrons. The molecule has 5 heteroatoms. The molecule has 120 valence electrons. The third kappa shape index (κ3) is 3.89. The second kappa shape index (κ2) is 7.28. The minimum absolute atomic E-state index is 0.280. The fraction of sp³-hybridized carbons (Fsp3) is 0.0526. The Morgan fingerprint density at radius 3 is 1.54 bits per heavy atom. The van der Waals surface area contributed by atoms with Crippen LogP contribution in [0.2, 0.25) is 0 Å². The van der Waals surface area contributed by atoms with Gasteiger partial charge in [0.05, 0.1) is 12.4 Å². The summed E-state index contributed by atoms with van der Waals surface area (Å²) in [5.74, 6) is 0.280. The van der Waals surface area contributed by atoms with Crippen molar-refractivity contribution >= 4 is 0 Å². The number of aromatic amines is 2. The number of benzene rings is 2. The minimum Gasteiger partial charge on any atom is -0.508 e. The van der Waals surface area contributed by atoms with E-state index in [2.05, 4.69) is 51.6 Å². The number of hydrogen-bond acceptors (Lipinski definition) is 3. The van der Waals surface area contributed by atoms with Crippen LogP contribution in [0.5, 0.6) is 5.75 Å². The molecule has 3 N–H and O–H groups in total. The van der Waals surface area contributed by atoms with Gasteiger partial charge in [0.15, 0.2) is 0 Å². The summed E-state index contributed by atoms with van der Waals surface area (Å²) in [5.41, 5.74) is 5.68. The molecule has 5 nitrogen and oxygen atoms in total. The second-order valence-electron chi connectivity index (χ2n) is 5.39. The summed E-state index contributed by atoms with van der Waals surface area (Å²) < 4.78 is 0. The molecular weight excluding hydrogens is 300 g/mol. The molecule has 0 aliphatic rings. The maximum atomic E-state index is 9.03. The number of aryl methyl sites for hydroxylation is 1. The smallest absolute Gasteiger partial charge is 0.115 e. The molecule has 2 heterocycles. The van der Waals surface area contributed by atoms with Gasteiger partial charge in [-0.25, -0.2) is 0 Å². The molecule has 0 unspecified atom stereocenters. The van der Waals surface area contributed by atoms with E-state index >= 15 is 0 Å². The third-order valence-corrected chi connectivity index (χ3v) is 3.58. The molecule has 2 aromatic heterocycles. The zero-order chi connectivity index (χ0) is 16.8. The maximum Gasteiger partial charge on any atom is 0.115 e. The van der Waals surface area contributed by atoms with Crippen LogP contribution in [0.25, 0.3) is 22.3 Å². The first-order chi connectivity index (χ1) is 11.7. The highest BCUT2D eigenvalue weighted by Crippen LogP contribution is 2.20. The zero-order valence-corrected chi connectivity index (χ0v) is 13.3. The van der Waals surface area contributed by atoms with Crippen molar-refractivity contribution in [3.63, 3.8) is 0 Å². The number of phenolic OH excluding ortho intramolecular Hbond substituents is 1. The van der Waals surface area contributed by atoms with Crippen molar-refractivity contribution in [1.82, 2.24) is 20.4 Å². The monoisotopic (exact) mass is 318 g/mol. The molecule has 24 heavy (non-hydrogen) atoms. The van der Waals surface area contributed by atoms with Gasteiger partial charge in [-0.05, 0) is 30.2 Å². The highest BCUT2D eigenvalue weighted by atomic mass is 16.3. The summed E-state index contributed by atoms with van der Waals surface area (Å²) in [7, 11) is 0. The molecule has 0 spiro atoms. The quantitative estimate of drug-likeness (QED) is 0.519. The number of nitrogens with one attached hydrogen (secondary N) is 2. The SMILES string of the molecule is Cc1ccc(-c2cn[nH]c2)cc1.Oc1ccc(-c2cn[nH]c2)cc1. The van der Waals surface area contributed by atoms with Crippen LogP contribution in [0.3, 0.4) is 0 Å². The molecule has 0 bridgehead atoms. The predicted molar refractivity (Wildman–Crippen MR) is 94.4 cm³/mol. The lowest BCUT2D eigenvalue weighted by molar-refractivity contribution is 0.475. The average molecular weight is 318 g/mol. The number of hydrogen-bond donors (Lipinski definition) is 3. The van der Waals surface area contributed by atoms with Crippen molar-refractivity contribution in [3.8, 4) is 28.0 Å². The summed E-state index contributed by atoms with van der Waals surface area (Å²) in [6, 6.07) is 15.4. The van der Waals surface area contributed by atoms with Gasteiger partial charge in [0, 0.05) is 23.5 Å². The molecular formula is C19H18N4O. The van der Waals surface area contributed by atoms with Gasteiger partial charge in [0.2, 0.25) is 0 Å². The van der Waals surface area contributed by atoms with Crippen LogP contribution < -0.4 is 0 Å². The minimum atomic E-state index is 0.280. The molecule has 0 aliphatic carbocycles. The lowest BCUT2D eigenvalue weighted by Gasteiger charge is -1.96. The van der Waals surface area contributed by atoms with Crippen LogP contribution in [-0.2, 0) is 0 Å². The summed E-state index contributed by atoms with van der Waals surface area (Å²) in [4.78, 5) is 0. The van der Waals surface area contributed by atoms with E-state index in [0.29, 0.717) is 0 Å². The largest absolute Gasteiger partial charge is 0.508 e. The van der Waals surface area contributed by atoms with Gasteiger partial charge in [0.1, 0.15) is 5.75 Å². The molecule has 4 rings (SSSR count). The van der Waals surface area contributed by atoms with Crippen molar-refractivity contribution in [3.05, 3.63) is 78.9 Å². The number of H-pyrrole nitrogens is 2. The second-order valence-corrected chi connectivity index (χ2v) is 5.39.